The molecule has 1 heterocycles. The fourth-order valence-electron chi connectivity index (χ4n) is 8.35. The molecule has 0 radical (unpaired) electrons. The second-order valence-electron chi connectivity index (χ2n) is 10.8. The van der Waals surface area contributed by atoms with Gasteiger partial charge in [0.1, 0.15) is 12.4 Å². The Balaban J connectivity index is 1.43. The zero-order chi connectivity index (χ0) is 21.1. The first kappa shape index (κ1) is 20.1. The Morgan fingerprint density at radius 1 is 1.10 bits per heavy atom. The van der Waals surface area contributed by atoms with E-state index in [-0.39, 0.29) is 22.9 Å². The van der Waals surface area contributed by atoms with Crippen LogP contribution < -0.4 is 5.63 Å². The summed E-state index contributed by atoms with van der Waals surface area (Å²) in [6.45, 7) is 5.27. The van der Waals surface area contributed by atoms with Gasteiger partial charge in [0.05, 0.1) is 5.60 Å². The Kier molecular flexibility index (Phi) is 4.60. The molecule has 0 saturated heterocycles. The first-order chi connectivity index (χ1) is 14.3. The van der Waals surface area contributed by atoms with Crippen LogP contribution in [0.1, 0.15) is 83.1 Å². The summed E-state index contributed by atoms with van der Waals surface area (Å²) in [5.74, 6) is 1.51. The summed E-state index contributed by atoms with van der Waals surface area (Å²) < 4.78 is 10.4. The van der Waals surface area contributed by atoms with Gasteiger partial charge < -0.3 is 14.3 Å². The highest BCUT2D eigenvalue weighted by Crippen LogP contribution is 2.70. The Morgan fingerprint density at radius 2 is 1.93 bits per heavy atom. The molecule has 5 nitrogen and oxygen atoms in total. The fraction of sp³-hybridized carbons (Fsp3) is 0.760. The molecule has 0 unspecified atom stereocenters. The second-order valence-corrected chi connectivity index (χ2v) is 10.8. The van der Waals surface area contributed by atoms with Crippen molar-refractivity contribution >= 4 is 6.47 Å². The van der Waals surface area contributed by atoms with Gasteiger partial charge in [0.25, 0.3) is 6.47 Å². The zero-order valence-corrected chi connectivity index (χ0v) is 18.0. The molecule has 0 aromatic carbocycles. The van der Waals surface area contributed by atoms with Crippen LogP contribution in [-0.4, -0.2) is 23.3 Å². The minimum Gasteiger partial charge on any atom is -0.465 e. The predicted molar refractivity (Wildman–Crippen MR) is 110 cm³/mol. The lowest BCUT2D eigenvalue weighted by atomic mass is 9.43. The van der Waals surface area contributed by atoms with E-state index in [4.69, 9.17) is 9.15 Å². The van der Waals surface area contributed by atoms with E-state index in [0.29, 0.717) is 24.2 Å². The van der Waals surface area contributed by atoms with E-state index in [9.17, 15) is 14.7 Å². The zero-order valence-electron chi connectivity index (χ0n) is 18.0. The third kappa shape index (κ3) is 2.65. The van der Waals surface area contributed by atoms with Crippen LogP contribution in [0.25, 0.3) is 0 Å². The van der Waals surface area contributed by atoms with E-state index in [1.54, 1.807) is 0 Å². The quantitative estimate of drug-likeness (QED) is 0.759. The van der Waals surface area contributed by atoms with Crippen LogP contribution in [-0.2, 0) is 9.53 Å². The standard InChI is InChI=1S/C25H32O5/c1-23-10-7-18(30-15-26)13-17(23)4-5-21-20(23)8-11-24(2)19(9-12-25(21,24)28)16-3-6-22(27)29-14-16/h14-15,17-21,28H,4-5,7-13H2,1-2H3/t17-,18+,19-,20+,21-,23+,24-,25+/m1/s1. The molecule has 0 amide bonds. The lowest BCUT2D eigenvalue weighted by molar-refractivity contribution is -0.206. The van der Waals surface area contributed by atoms with Crippen molar-refractivity contribution in [1.82, 2.24) is 0 Å². The lowest BCUT2D eigenvalue weighted by Gasteiger charge is -2.63. The maximum absolute atomic E-state index is 12.2. The molecule has 1 aromatic heterocycles. The maximum Gasteiger partial charge on any atom is 0.389 e. The van der Waals surface area contributed by atoms with Crippen LogP contribution >= 0.6 is 0 Å². The van der Waals surface area contributed by atoms with E-state index in [1.807, 2.05) is 0 Å². The van der Waals surface area contributed by atoms with Crippen molar-refractivity contribution in [2.24, 2.45) is 28.6 Å². The summed E-state index contributed by atoms with van der Waals surface area (Å²) in [7, 11) is 0. The predicted octanol–water partition coefficient (Wildman–Crippen LogP) is 4.02. The van der Waals surface area contributed by atoms with Crippen LogP contribution in [0.3, 0.4) is 0 Å². The number of rotatable bonds is 3. The van der Waals surface area contributed by atoms with Crippen LogP contribution in [0.2, 0.25) is 0 Å². The Bertz CT molecular complexity index is 858. The van der Waals surface area contributed by atoms with Crippen molar-refractivity contribution in [3.8, 4) is 0 Å². The molecular formula is C25H32O5. The number of hydrogen-bond acceptors (Lipinski definition) is 5. The SMILES string of the molecule is C[C@]12CC[C@H](OC=O)C[C@H]1CC[C@@H]1[C@@H]2CC[C@]2(C)[C@@H](c3c#cc(=O)oc3)CC[C@]12O. The first-order valence-corrected chi connectivity index (χ1v) is 11.6. The minimum absolute atomic E-state index is 0.0597. The molecule has 1 aromatic rings. The highest BCUT2D eigenvalue weighted by Gasteiger charge is 2.67. The number of hydrogen-bond donors (Lipinski definition) is 1. The Labute approximate surface area is 178 Å². The molecule has 5 heteroatoms. The molecule has 8 atom stereocenters. The Morgan fingerprint density at radius 3 is 2.67 bits per heavy atom. The maximum atomic E-state index is 12.2. The van der Waals surface area contributed by atoms with Gasteiger partial charge in [-0.05, 0) is 81.0 Å². The fourth-order valence-corrected chi connectivity index (χ4v) is 8.35. The molecular weight excluding hydrogens is 380 g/mol. The molecule has 162 valence electrons. The highest BCUT2D eigenvalue weighted by molar-refractivity contribution is 5.37. The van der Waals surface area contributed by atoms with E-state index < -0.39 is 11.2 Å². The normalized spacial score (nSPS) is 47.4. The van der Waals surface area contributed by atoms with E-state index in [2.05, 4.69) is 26.0 Å². The smallest absolute Gasteiger partial charge is 0.389 e. The van der Waals surface area contributed by atoms with E-state index >= 15 is 0 Å². The molecule has 0 spiro atoms. The monoisotopic (exact) mass is 412 g/mol. The molecule has 4 aliphatic rings. The number of aliphatic hydroxyl groups is 1. The molecule has 1 N–H and O–H groups in total. The van der Waals surface area contributed by atoms with E-state index in [0.717, 1.165) is 63.4 Å². The van der Waals surface area contributed by atoms with Gasteiger partial charge in [-0.25, -0.2) is 4.79 Å². The summed E-state index contributed by atoms with van der Waals surface area (Å²) in [5, 5.41) is 12.2. The van der Waals surface area contributed by atoms with Crippen LogP contribution in [0.4, 0.5) is 0 Å². The molecule has 4 fully saturated rings. The molecule has 4 aliphatic carbocycles. The van der Waals surface area contributed by atoms with Crippen molar-refractivity contribution in [3.63, 3.8) is 0 Å². The molecule has 5 rings (SSSR count). The van der Waals surface area contributed by atoms with Crippen molar-refractivity contribution in [3.05, 3.63) is 34.4 Å². The topological polar surface area (TPSA) is 76.7 Å². The van der Waals surface area contributed by atoms with Crippen LogP contribution in [0.15, 0.2) is 15.5 Å². The average molecular weight is 413 g/mol. The van der Waals surface area contributed by atoms with Gasteiger partial charge in [-0.1, -0.05) is 19.9 Å². The molecule has 30 heavy (non-hydrogen) atoms. The summed E-state index contributed by atoms with van der Waals surface area (Å²) in [6.07, 6.45) is 10.5. The van der Waals surface area contributed by atoms with Gasteiger partial charge in [-0.2, -0.15) is 0 Å². The minimum atomic E-state index is -0.700. The summed E-state index contributed by atoms with van der Waals surface area (Å²) in [5.41, 5.74) is -0.354. The number of carbonyl (C=O) groups excluding carboxylic acids is 1. The van der Waals surface area contributed by atoms with Crippen molar-refractivity contribution in [1.29, 1.82) is 0 Å². The number of fused-ring (bicyclic) bond motifs is 5. The average Bonchev–Trinajstić information content (AvgIpc) is 3.01. The Hall–Kier alpha value is -1.80. The van der Waals surface area contributed by atoms with Gasteiger partial charge in [-0.3, -0.25) is 4.79 Å². The number of carbonyl (C=O) groups is 1. The summed E-state index contributed by atoms with van der Waals surface area (Å²) >= 11 is 0. The second kappa shape index (κ2) is 6.85. The molecule has 0 bridgehead atoms. The van der Waals surface area contributed by atoms with Gasteiger partial charge in [0, 0.05) is 23.0 Å². The highest BCUT2D eigenvalue weighted by atomic mass is 16.5. The van der Waals surface area contributed by atoms with Gasteiger partial charge in [0.15, 0.2) is 0 Å². The van der Waals surface area contributed by atoms with Crippen molar-refractivity contribution < 1.29 is 19.1 Å². The van der Waals surface area contributed by atoms with Gasteiger partial charge in [0.2, 0.25) is 0 Å². The number of ether oxygens (including phenoxy) is 1. The largest absolute Gasteiger partial charge is 0.465 e. The van der Waals surface area contributed by atoms with Crippen LogP contribution in [0.5, 0.6) is 0 Å². The third-order valence-corrected chi connectivity index (χ3v) is 10.0. The van der Waals surface area contributed by atoms with Crippen LogP contribution in [0, 0.1) is 40.7 Å². The lowest BCUT2D eigenvalue weighted by Crippen LogP contribution is -2.62. The summed E-state index contributed by atoms with van der Waals surface area (Å²) in [6, 6.07) is 5.56. The van der Waals surface area contributed by atoms with Gasteiger partial charge >= 0.3 is 5.63 Å². The molecule has 4 saturated carbocycles. The van der Waals surface area contributed by atoms with E-state index in [1.165, 1.54) is 6.26 Å². The summed E-state index contributed by atoms with van der Waals surface area (Å²) in [4.78, 5) is 22.2. The first-order valence-electron chi connectivity index (χ1n) is 11.6. The van der Waals surface area contributed by atoms with Crippen molar-refractivity contribution in [2.75, 3.05) is 0 Å². The molecule has 0 aliphatic heterocycles. The van der Waals surface area contributed by atoms with Crippen molar-refractivity contribution in [2.45, 2.75) is 89.3 Å². The third-order valence-electron chi connectivity index (χ3n) is 10.0. The van der Waals surface area contributed by atoms with Gasteiger partial charge in [-0.15, -0.1) is 0 Å².